The van der Waals surface area contributed by atoms with Gasteiger partial charge < -0.3 is 19.5 Å². The number of esters is 1. The van der Waals surface area contributed by atoms with Crippen LogP contribution in [-0.4, -0.2) is 37.1 Å². The molecular formula is C23H28N4O3. The first-order valence-corrected chi connectivity index (χ1v) is 9.79. The topological polar surface area (TPSA) is 87.4 Å². The molecule has 0 spiro atoms. The van der Waals surface area contributed by atoms with Crippen LogP contribution in [0.5, 0.6) is 0 Å². The first-order chi connectivity index (χ1) is 14.3. The van der Waals surface area contributed by atoms with Crippen LogP contribution < -0.4 is 10.2 Å². The molecule has 7 nitrogen and oxygen atoms in total. The third-order valence-electron chi connectivity index (χ3n) is 4.70. The maximum Gasteiger partial charge on any atom is 0.349 e. The van der Waals surface area contributed by atoms with Crippen LogP contribution in [0.4, 0.5) is 11.4 Å². The van der Waals surface area contributed by atoms with Crippen molar-refractivity contribution in [2.45, 2.75) is 33.7 Å². The number of hydrogen-bond donors (Lipinski definition) is 1. The Labute approximate surface area is 177 Å². The highest BCUT2D eigenvalue weighted by Gasteiger charge is 2.15. The van der Waals surface area contributed by atoms with Gasteiger partial charge in [-0.25, -0.2) is 4.79 Å². The molecule has 0 aliphatic carbocycles. The molecular weight excluding hydrogens is 380 g/mol. The Balaban J connectivity index is 2.00. The Morgan fingerprint density at radius 3 is 2.47 bits per heavy atom. The minimum absolute atomic E-state index is 0.144. The van der Waals surface area contributed by atoms with Crippen molar-refractivity contribution in [1.29, 1.82) is 5.26 Å². The van der Waals surface area contributed by atoms with E-state index in [1.165, 1.54) is 6.08 Å². The minimum atomic E-state index is -0.823. The zero-order valence-corrected chi connectivity index (χ0v) is 18.2. The van der Waals surface area contributed by atoms with Crippen LogP contribution in [0.25, 0.3) is 6.08 Å². The molecule has 1 amide bonds. The second kappa shape index (κ2) is 10.3. The second-order valence-corrected chi connectivity index (χ2v) is 7.21. The van der Waals surface area contributed by atoms with Crippen molar-refractivity contribution in [1.82, 2.24) is 4.57 Å². The quantitative estimate of drug-likeness (QED) is 0.409. The normalized spacial score (nSPS) is 11.0. The number of ether oxygens (including phenoxy) is 1. The summed E-state index contributed by atoms with van der Waals surface area (Å²) >= 11 is 0. The molecule has 0 saturated carbocycles. The molecule has 1 aromatic carbocycles. The van der Waals surface area contributed by atoms with Gasteiger partial charge in [-0.3, -0.25) is 4.79 Å². The first-order valence-electron chi connectivity index (χ1n) is 9.79. The number of carbonyl (C=O) groups is 2. The van der Waals surface area contributed by atoms with Gasteiger partial charge in [0.2, 0.25) is 0 Å². The van der Waals surface area contributed by atoms with Gasteiger partial charge in [0.1, 0.15) is 11.6 Å². The van der Waals surface area contributed by atoms with Gasteiger partial charge in [0.15, 0.2) is 6.61 Å². The smallest absolute Gasteiger partial charge is 0.349 e. The van der Waals surface area contributed by atoms with E-state index in [0.717, 1.165) is 35.6 Å². The monoisotopic (exact) mass is 408 g/mol. The van der Waals surface area contributed by atoms with Crippen LogP contribution in [0.1, 0.15) is 30.3 Å². The predicted molar refractivity (Wildman–Crippen MR) is 118 cm³/mol. The molecule has 0 aliphatic heterocycles. The van der Waals surface area contributed by atoms with Crippen molar-refractivity contribution in [2.24, 2.45) is 0 Å². The SMILES string of the molecule is CCCn1c(C)cc(C=C(C#N)C(=O)OCC(=O)Nc2ccc(N(C)C)cc2)c1C. The highest BCUT2D eigenvalue weighted by Crippen LogP contribution is 2.19. The number of benzene rings is 1. The van der Waals surface area contributed by atoms with E-state index in [0.29, 0.717) is 5.69 Å². The molecule has 0 fully saturated rings. The fourth-order valence-electron chi connectivity index (χ4n) is 3.08. The van der Waals surface area contributed by atoms with E-state index < -0.39 is 18.5 Å². The van der Waals surface area contributed by atoms with Crippen molar-refractivity contribution in [3.8, 4) is 6.07 Å². The Morgan fingerprint density at radius 1 is 1.23 bits per heavy atom. The van der Waals surface area contributed by atoms with E-state index in [1.54, 1.807) is 12.1 Å². The summed E-state index contributed by atoms with van der Waals surface area (Å²) in [5.41, 5.74) is 4.29. The molecule has 7 heteroatoms. The highest BCUT2D eigenvalue weighted by atomic mass is 16.5. The van der Waals surface area contributed by atoms with Crippen LogP contribution in [0.3, 0.4) is 0 Å². The lowest BCUT2D eigenvalue weighted by Gasteiger charge is -2.13. The molecule has 0 atom stereocenters. The first kappa shape index (κ1) is 22.8. The van der Waals surface area contributed by atoms with Crippen molar-refractivity contribution in [2.75, 3.05) is 30.9 Å². The number of carbonyl (C=O) groups excluding carboxylic acids is 2. The lowest BCUT2D eigenvalue weighted by Crippen LogP contribution is -2.21. The Bertz CT molecular complexity index is 979. The molecule has 30 heavy (non-hydrogen) atoms. The average molecular weight is 409 g/mol. The third-order valence-corrected chi connectivity index (χ3v) is 4.70. The number of rotatable bonds is 8. The molecule has 0 aliphatic rings. The predicted octanol–water partition coefficient (Wildman–Crippen LogP) is 3.67. The zero-order chi connectivity index (χ0) is 22.3. The number of amides is 1. The number of nitrogens with zero attached hydrogens (tertiary/aromatic N) is 3. The lowest BCUT2D eigenvalue weighted by atomic mass is 10.1. The van der Waals surface area contributed by atoms with E-state index in [9.17, 15) is 14.9 Å². The van der Waals surface area contributed by atoms with Gasteiger partial charge in [-0.1, -0.05) is 6.92 Å². The summed E-state index contributed by atoms with van der Waals surface area (Å²) in [5.74, 6) is -1.30. The van der Waals surface area contributed by atoms with Gasteiger partial charge >= 0.3 is 5.97 Å². The van der Waals surface area contributed by atoms with Crippen molar-refractivity contribution in [3.05, 3.63) is 52.9 Å². The van der Waals surface area contributed by atoms with Crippen molar-refractivity contribution >= 4 is 29.3 Å². The summed E-state index contributed by atoms with van der Waals surface area (Å²) in [7, 11) is 3.85. The number of aromatic nitrogens is 1. The van der Waals surface area contributed by atoms with Crippen LogP contribution >= 0.6 is 0 Å². The van der Waals surface area contributed by atoms with Gasteiger partial charge in [0, 0.05) is 43.4 Å². The molecule has 0 bridgehead atoms. The molecule has 1 N–H and O–H groups in total. The number of anilines is 2. The highest BCUT2D eigenvalue weighted by molar-refractivity contribution is 6.00. The summed E-state index contributed by atoms with van der Waals surface area (Å²) in [6.07, 6.45) is 2.49. The Morgan fingerprint density at radius 2 is 1.90 bits per heavy atom. The summed E-state index contributed by atoms with van der Waals surface area (Å²) in [6, 6.07) is 11.1. The number of aryl methyl sites for hydroxylation is 1. The maximum atomic E-state index is 12.3. The van der Waals surface area contributed by atoms with Gasteiger partial charge in [0.25, 0.3) is 5.91 Å². The van der Waals surface area contributed by atoms with E-state index in [-0.39, 0.29) is 5.57 Å². The van der Waals surface area contributed by atoms with Crippen LogP contribution in [0.15, 0.2) is 35.9 Å². The summed E-state index contributed by atoms with van der Waals surface area (Å²) in [6.45, 7) is 6.42. The molecule has 2 rings (SSSR count). The van der Waals surface area contributed by atoms with Gasteiger partial charge in [0.05, 0.1) is 0 Å². The minimum Gasteiger partial charge on any atom is -0.451 e. The maximum absolute atomic E-state index is 12.3. The van der Waals surface area contributed by atoms with Gasteiger partial charge in [-0.05, 0) is 62.2 Å². The average Bonchev–Trinajstić information content (AvgIpc) is 2.98. The van der Waals surface area contributed by atoms with E-state index in [4.69, 9.17) is 4.74 Å². The van der Waals surface area contributed by atoms with Crippen LogP contribution in [-0.2, 0) is 20.9 Å². The largest absolute Gasteiger partial charge is 0.451 e. The second-order valence-electron chi connectivity index (χ2n) is 7.21. The van der Waals surface area contributed by atoms with E-state index in [2.05, 4.69) is 16.8 Å². The Hall–Kier alpha value is -3.53. The fraction of sp³-hybridized carbons (Fsp3) is 0.348. The lowest BCUT2D eigenvalue weighted by molar-refractivity contribution is -0.142. The molecule has 1 aromatic heterocycles. The molecule has 0 unspecified atom stereocenters. The molecule has 158 valence electrons. The van der Waals surface area contributed by atoms with Crippen molar-refractivity contribution in [3.63, 3.8) is 0 Å². The molecule has 2 aromatic rings. The van der Waals surface area contributed by atoms with Gasteiger partial charge in [-0.2, -0.15) is 5.26 Å². The van der Waals surface area contributed by atoms with Gasteiger partial charge in [-0.15, -0.1) is 0 Å². The van der Waals surface area contributed by atoms with Crippen LogP contribution in [0, 0.1) is 25.2 Å². The summed E-state index contributed by atoms with van der Waals surface area (Å²) < 4.78 is 7.17. The summed E-state index contributed by atoms with van der Waals surface area (Å²) in [5, 5.41) is 12.0. The van der Waals surface area contributed by atoms with Crippen molar-refractivity contribution < 1.29 is 14.3 Å². The number of hydrogen-bond acceptors (Lipinski definition) is 5. The van der Waals surface area contributed by atoms with E-state index >= 15 is 0 Å². The zero-order valence-electron chi connectivity index (χ0n) is 18.2. The standard InChI is InChI=1S/C23H28N4O3/c1-6-11-27-16(2)12-18(17(27)3)13-19(14-24)23(29)30-15-22(28)25-20-7-9-21(10-8-20)26(4)5/h7-10,12-13H,6,11,15H2,1-5H3,(H,25,28). The van der Waals surface area contributed by atoms with Crippen LogP contribution in [0.2, 0.25) is 0 Å². The molecule has 0 radical (unpaired) electrons. The fourth-order valence-corrected chi connectivity index (χ4v) is 3.08. The number of nitriles is 1. The summed E-state index contributed by atoms with van der Waals surface area (Å²) in [4.78, 5) is 26.3. The molecule has 1 heterocycles. The third kappa shape index (κ3) is 5.74. The molecule has 0 saturated heterocycles. The Kier molecular flexibility index (Phi) is 7.82. The number of nitrogens with one attached hydrogen (secondary N) is 1. The van der Waals surface area contributed by atoms with E-state index in [1.807, 2.05) is 57.1 Å².